The normalized spacial score (nSPS) is 14.6. The van der Waals surface area contributed by atoms with Crippen molar-refractivity contribution >= 4 is 34.7 Å². The minimum Gasteiger partial charge on any atom is -0.496 e. The summed E-state index contributed by atoms with van der Waals surface area (Å²) in [5.41, 5.74) is 0.302. The molecule has 11 nitrogen and oxygen atoms in total. The summed E-state index contributed by atoms with van der Waals surface area (Å²) in [6, 6.07) is 7.62. The van der Waals surface area contributed by atoms with Crippen LogP contribution in [0.2, 0.25) is 0 Å². The van der Waals surface area contributed by atoms with Gasteiger partial charge in [0.2, 0.25) is 5.91 Å². The molecular formula is C26H35N5O6. The molecule has 1 atom stereocenters. The van der Waals surface area contributed by atoms with Crippen molar-refractivity contribution in [3.63, 3.8) is 0 Å². The average molecular weight is 514 g/mol. The monoisotopic (exact) mass is 513 g/mol. The number of nitrogens with zero attached hydrogens (tertiary/aromatic N) is 3. The van der Waals surface area contributed by atoms with Crippen LogP contribution in [0.3, 0.4) is 0 Å². The van der Waals surface area contributed by atoms with Gasteiger partial charge in [0, 0.05) is 49.6 Å². The van der Waals surface area contributed by atoms with Gasteiger partial charge in [-0.25, -0.2) is 9.78 Å². The molecule has 1 saturated heterocycles. The Balaban J connectivity index is 1.73. The number of methoxy groups -OCH3 is 2. The van der Waals surface area contributed by atoms with Crippen LogP contribution in [0.25, 0.3) is 10.9 Å². The predicted molar refractivity (Wildman–Crippen MR) is 137 cm³/mol. The van der Waals surface area contributed by atoms with Crippen LogP contribution in [0.5, 0.6) is 5.75 Å². The van der Waals surface area contributed by atoms with E-state index in [1.165, 1.54) is 20.3 Å². The van der Waals surface area contributed by atoms with E-state index in [1.54, 1.807) is 21.9 Å². The van der Waals surface area contributed by atoms with E-state index in [-0.39, 0.29) is 36.0 Å². The fraction of sp³-hybridized carbons (Fsp3) is 0.500. The van der Waals surface area contributed by atoms with Crippen molar-refractivity contribution in [2.75, 3.05) is 40.4 Å². The van der Waals surface area contributed by atoms with Gasteiger partial charge in [-0.15, -0.1) is 0 Å². The summed E-state index contributed by atoms with van der Waals surface area (Å²) in [6.45, 7) is 7.04. The SMILES string of the molecule is COC(=O)CCC(NC(=O)c1cc(OC)c2ccccc2n1)C(=O)N1CCN(C(=O)NC(C)(C)C)CC1. The number of hydrogen-bond donors (Lipinski definition) is 2. The summed E-state index contributed by atoms with van der Waals surface area (Å²) in [7, 11) is 2.78. The molecule has 11 heteroatoms. The third-order valence-corrected chi connectivity index (χ3v) is 5.96. The Labute approximate surface area is 216 Å². The number of aromatic nitrogens is 1. The van der Waals surface area contributed by atoms with Crippen molar-refractivity contribution in [2.45, 2.75) is 45.2 Å². The second kappa shape index (κ2) is 11.9. The van der Waals surface area contributed by atoms with Gasteiger partial charge in [0.1, 0.15) is 17.5 Å². The standard InChI is InChI=1S/C26H35N5O6/c1-26(2,3)29-25(35)31-14-12-30(13-15-31)24(34)19(10-11-22(32)37-5)28-23(33)20-16-21(36-4)17-8-6-7-9-18(17)27-20/h6-9,16,19H,10-15H2,1-5H3,(H,28,33)(H,29,35). The smallest absolute Gasteiger partial charge is 0.317 e. The number of carbonyl (C=O) groups excluding carboxylic acids is 4. The van der Waals surface area contributed by atoms with E-state index in [4.69, 9.17) is 9.47 Å². The summed E-state index contributed by atoms with van der Waals surface area (Å²) in [6.07, 6.45) is 0.0162. The van der Waals surface area contributed by atoms with E-state index in [2.05, 4.69) is 15.6 Å². The number of nitrogens with one attached hydrogen (secondary N) is 2. The molecule has 1 aliphatic heterocycles. The maximum atomic E-state index is 13.4. The van der Waals surface area contributed by atoms with E-state index in [0.29, 0.717) is 37.4 Å². The van der Waals surface area contributed by atoms with Crippen molar-refractivity contribution in [3.8, 4) is 5.75 Å². The van der Waals surface area contributed by atoms with Gasteiger partial charge in [-0.3, -0.25) is 14.4 Å². The molecule has 1 aromatic carbocycles. The maximum Gasteiger partial charge on any atom is 0.317 e. The number of pyridine rings is 1. The summed E-state index contributed by atoms with van der Waals surface area (Å²) in [5.74, 6) is -0.893. The zero-order chi connectivity index (χ0) is 27.2. The fourth-order valence-corrected chi connectivity index (χ4v) is 4.03. The lowest BCUT2D eigenvalue weighted by molar-refractivity contribution is -0.141. The van der Waals surface area contributed by atoms with Crippen LogP contribution in [0.15, 0.2) is 30.3 Å². The molecule has 4 amide bonds. The first-order valence-electron chi connectivity index (χ1n) is 12.2. The lowest BCUT2D eigenvalue weighted by atomic mass is 10.1. The number of benzene rings is 1. The molecule has 1 unspecified atom stereocenters. The van der Waals surface area contributed by atoms with Gasteiger partial charge in [0.25, 0.3) is 5.91 Å². The van der Waals surface area contributed by atoms with Gasteiger partial charge in [0.15, 0.2) is 0 Å². The molecule has 0 radical (unpaired) electrons. The summed E-state index contributed by atoms with van der Waals surface area (Å²) < 4.78 is 10.1. The quantitative estimate of drug-likeness (QED) is 0.541. The molecule has 1 aromatic heterocycles. The number of ether oxygens (including phenoxy) is 2. The molecule has 3 rings (SSSR count). The van der Waals surface area contributed by atoms with Gasteiger partial charge >= 0.3 is 12.0 Å². The Hall–Kier alpha value is -3.89. The predicted octanol–water partition coefficient (Wildman–Crippen LogP) is 1.95. The van der Waals surface area contributed by atoms with E-state index in [0.717, 1.165) is 5.39 Å². The number of carbonyl (C=O) groups is 4. The van der Waals surface area contributed by atoms with Crippen molar-refractivity contribution in [2.24, 2.45) is 0 Å². The highest BCUT2D eigenvalue weighted by Crippen LogP contribution is 2.25. The van der Waals surface area contributed by atoms with Gasteiger partial charge in [-0.2, -0.15) is 0 Å². The summed E-state index contributed by atoms with van der Waals surface area (Å²) in [4.78, 5) is 58.5. The number of para-hydroxylation sites is 1. The Morgan fingerprint density at radius 2 is 1.68 bits per heavy atom. The largest absolute Gasteiger partial charge is 0.496 e. The summed E-state index contributed by atoms with van der Waals surface area (Å²) in [5, 5.41) is 6.42. The highest BCUT2D eigenvalue weighted by Gasteiger charge is 2.31. The molecule has 37 heavy (non-hydrogen) atoms. The Kier molecular flexibility index (Phi) is 8.90. The third kappa shape index (κ3) is 7.31. The van der Waals surface area contributed by atoms with Gasteiger partial charge < -0.3 is 29.9 Å². The van der Waals surface area contributed by atoms with E-state index < -0.39 is 17.9 Å². The topological polar surface area (TPSA) is 130 Å². The number of hydrogen-bond acceptors (Lipinski definition) is 7. The molecule has 0 spiro atoms. The lowest BCUT2D eigenvalue weighted by Gasteiger charge is -2.37. The van der Waals surface area contributed by atoms with Crippen LogP contribution in [-0.4, -0.2) is 90.6 Å². The van der Waals surface area contributed by atoms with Crippen LogP contribution >= 0.6 is 0 Å². The second-order valence-corrected chi connectivity index (χ2v) is 9.86. The number of esters is 1. The highest BCUT2D eigenvalue weighted by atomic mass is 16.5. The van der Waals surface area contributed by atoms with Crippen molar-refractivity contribution < 1.29 is 28.7 Å². The number of piperazine rings is 1. The first kappa shape index (κ1) is 27.7. The Morgan fingerprint density at radius 3 is 2.30 bits per heavy atom. The molecule has 2 aromatic rings. The first-order valence-corrected chi connectivity index (χ1v) is 12.2. The van der Waals surface area contributed by atoms with Crippen molar-refractivity contribution in [1.29, 1.82) is 0 Å². The molecular weight excluding hydrogens is 478 g/mol. The average Bonchev–Trinajstić information content (AvgIpc) is 2.88. The van der Waals surface area contributed by atoms with E-state index in [1.807, 2.05) is 32.9 Å². The molecule has 1 fully saturated rings. The zero-order valence-corrected chi connectivity index (χ0v) is 22.0. The van der Waals surface area contributed by atoms with E-state index >= 15 is 0 Å². The fourth-order valence-electron chi connectivity index (χ4n) is 4.03. The van der Waals surface area contributed by atoms with Gasteiger partial charge in [-0.05, 0) is 39.3 Å². The van der Waals surface area contributed by atoms with Crippen LogP contribution in [0, 0.1) is 0 Å². The van der Waals surface area contributed by atoms with Crippen LogP contribution < -0.4 is 15.4 Å². The molecule has 0 saturated carbocycles. The van der Waals surface area contributed by atoms with Gasteiger partial charge in [0.05, 0.1) is 19.7 Å². The number of fused-ring (bicyclic) bond motifs is 1. The highest BCUT2D eigenvalue weighted by molar-refractivity contribution is 5.99. The molecule has 0 aliphatic carbocycles. The van der Waals surface area contributed by atoms with E-state index in [9.17, 15) is 19.2 Å². The van der Waals surface area contributed by atoms with Crippen LogP contribution in [0.1, 0.15) is 44.1 Å². The van der Waals surface area contributed by atoms with Crippen molar-refractivity contribution in [1.82, 2.24) is 25.4 Å². The minimum absolute atomic E-state index is 0.0460. The van der Waals surface area contributed by atoms with Crippen molar-refractivity contribution in [3.05, 3.63) is 36.0 Å². The molecule has 2 N–H and O–H groups in total. The Bertz CT molecular complexity index is 1150. The zero-order valence-electron chi connectivity index (χ0n) is 22.0. The third-order valence-electron chi connectivity index (χ3n) is 5.96. The van der Waals surface area contributed by atoms with Crippen LogP contribution in [-0.2, 0) is 14.3 Å². The Morgan fingerprint density at radius 1 is 1.03 bits per heavy atom. The minimum atomic E-state index is -0.971. The van der Waals surface area contributed by atoms with Gasteiger partial charge in [-0.1, -0.05) is 12.1 Å². The number of rotatable bonds is 7. The first-order chi connectivity index (χ1) is 17.5. The second-order valence-electron chi connectivity index (χ2n) is 9.86. The summed E-state index contributed by atoms with van der Waals surface area (Å²) >= 11 is 0. The molecule has 0 bridgehead atoms. The number of amides is 4. The van der Waals surface area contributed by atoms with Crippen LogP contribution in [0.4, 0.5) is 4.79 Å². The molecule has 1 aliphatic rings. The molecule has 200 valence electrons. The molecule has 2 heterocycles. The maximum absolute atomic E-state index is 13.4. The number of urea groups is 1. The lowest BCUT2D eigenvalue weighted by Crippen LogP contribution is -2.58.